The molecule has 0 aromatic rings. The van der Waals surface area contributed by atoms with Crippen LogP contribution in [0.5, 0.6) is 0 Å². The molecule has 3 N–H and O–H groups in total. The molecular formula is C20H40IN5O3. The van der Waals surface area contributed by atoms with Crippen molar-refractivity contribution in [2.24, 2.45) is 10.4 Å². The molecule has 1 unspecified atom stereocenters. The molecule has 1 aliphatic carbocycles. The Morgan fingerprint density at radius 3 is 2.41 bits per heavy atom. The lowest BCUT2D eigenvalue weighted by Gasteiger charge is -2.33. The Kier molecular flexibility index (Phi) is 11.2. The summed E-state index contributed by atoms with van der Waals surface area (Å²) >= 11 is 0. The zero-order chi connectivity index (χ0) is 20.6. The van der Waals surface area contributed by atoms with E-state index in [4.69, 9.17) is 4.74 Å². The van der Waals surface area contributed by atoms with Crippen LogP contribution >= 0.6 is 24.0 Å². The Hall–Kier alpha value is -0.650. The summed E-state index contributed by atoms with van der Waals surface area (Å²) in [5.41, 5.74) is -1.26. The number of nitrogens with zero attached hydrogens (tertiary/aromatic N) is 3. The molecule has 1 heterocycles. The van der Waals surface area contributed by atoms with E-state index in [-0.39, 0.29) is 35.3 Å². The third-order valence-electron chi connectivity index (χ3n) is 5.60. The number of aliphatic imine (C=N–C) groups is 1. The van der Waals surface area contributed by atoms with Crippen LogP contribution in [0.15, 0.2) is 4.99 Å². The van der Waals surface area contributed by atoms with Gasteiger partial charge in [-0.25, -0.2) is 0 Å². The highest BCUT2D eigenvalue weighted by Gasteiger charge is 2.42. The van der Waals surface area contributed by atoms with Gasteiger partial charge in [0.05, 0.1) is 30.8 Å². The van der Waals surface area contributed by atoms with Gasteiger partial charge in [0.1, 0.15) is 0 Å². The predicted molar refractivity (Wildman–Crippen MR) is 127 cm³/mol. The summed E-state index contributed by atoms with van der Waals surface area (Å²) in [7, 11) is 3.65. The molecule has 29 heavy (non-hydrogen) atoms. The van der Waals surface area contributed by atoms with Crippen molar-refractivity contribution in [3.8, 4) is 0 Å². The maximum atomic E-state index is 12.7. The monoisotopic (exact) mass is 525 g/mol. The summed E-state index contributed by atoms with van der Waals surface area (Å²) in [4.78, 5) is 21.3. The second kappa shape index (κ2) is 12.3. The summed E-state index contributed by atoms with van der Waals surface area (Å²) in [6, 6.07) is 0. The molecule has 2 aliphatic rings. The highest BCUT2D eigenvalue weighted by atomic mass is 127. The zero-order valence-electron chi connectivity index (χ0n) is 18.5. The number of guanidine groups is 1. The van der Waals surface area contributed by atoms with Gasteiger partial charge in [-0.2, -0.15) is 0 Å². The third-order valence-corrected chi connectivity index (χ3v) is 5.60. The van der Waals surface area contributed by atoms with Crippen LogP contribution in [0.2, 0.25) is 0 Å². The molecule has 0 radical (unpaired) electrons. The van der Waals surface area contributed by atoms with E-state index < -0.39 is 5.60 Å². The molecule has 1 saturated carbocycles. The summed E-state index contributed by atoms with van der Waals surface area (Å²) < 4.78 is 5.37. The number of carbonyl (C=O) groups is 1. The quantitative estimate of drug-likeness (QED) is 0.248. The minimum Gasteiger partial charge on any atom is -0.387 e. The SMILES string of the molecule is CCNC(=NCC(C)(O)CN1CCOCC1)NCC1(C(=O)N(C)C)CCCC1.I. The van der Waals surface area contributed by atoms with Gasteiger partial charge in [0, 0.05) is 46.8 Å². The highest BCUT2D eigenvalue weighted by Crippen LogP contribution is 2.38. The van der Waals surface area contributed by atoms with Gasteiger partial charge in [0.2, 0.25) is 5.91 Å². The van der Waals surface area contributed by atoms with Crippen molar-refractivity contribution < 1.29 is 14.6 Å². The van der Waals surface area contributed by atoms with Crippen LogP contribution in [0.3, 0.4) is 0 Å². The van der Waals surface area contributed by atoms with Gasteiger partial charge in [-0.05, 0) is 26.7 Å². The number of halogens is 1. The van der Waals surface area contributed by atoms with Crippen molar-refractivity contribution in [3.05, 3.63) is 0 Å². The van der Waals surface area contributed by atoms with Gasteiger partial charge in [-0.1, -0.05) is 12.8 Å². The normalized spacial score (nSPS) is 21.8. The Labute approximate surface area is 192 Å². The summed E-state index contributed by atoms with van der Waals surface area (Å²) in [5.74, 6) is 0.843. The molecule has 1 saturated heterocycles. The van der Waals surface area contributed by atoms with Gasteiger partial charge in [0.25, 0.3) is 0 Å². The molecule has 1 atom stereocenters. The van der Waals surface area contributed by atoms with Crippen LogP contribution in [0.1, 0.15) is 39.5 Å². The zero-order valence-corrected chi connectivity index (χ0v) is 20.8. The van der Waals surface area contributed by atoms with Crippen molar-refractivity contribution in [1.29, 1.82) is 0 Å². The first-order valence-corrected chi connectivity index (χ1v) is 10.5. The van der Waals surface area contributed by atoms with E-state index in [1.165, 1.54) is 0 Å². The Balaban J connectivity index is 0.00000420. The highest BCUT2D eigenvalue weighted by molar-refractivity contribution is 14.0. The Morgan fingerprint density at radius 2 is 1.86 bits per heavy atom. The molecule has 8 nitrogen and oxygen atoms in total. The first-order chi connectivity index (χ1) is 13.3. The van der Waals surface area contributed by atoms with Crippen LogP contribution in [-0.4, -0.2) is 99.0 Å². The smallest absolute Gasteiger partial charge is 0.230 e. The maximum Gasteiger partial charge on any atom is 0.230 e. The number of amides is 1. The predicted octanol–water partition coefficient (Wildman–Crippen LogP) is 0.891. The molecule has 0 spiro atoms. The topological polar surface area (TPSA) is 89.4 Å². The molecule has 0 bridgehead atoms. The Bertz CT molecular complexity index is 530. The van der Waals surface area contributed by atoms with Gasteiger partial charge in [0.15, 0.2) is 5.96 Å². The summed E-state index contributed by atoms with van der Waals surface area (Å²) in [6.07, 6.45) is 3.99. The maximum absolute atomic E-state index is 12.7. The molecule has 1 aliphatic heterocycles. The van der Waals surface area contributed by atoms with Gasteiger partial charge in [-0.3, -0.25) is 14.7 Å². The largest absolute Gasteiger partial charge is 0.387 e. The molecule has 2 rings (SSSR count). The number of hydrogen-bond acceptors (Lipinski definition) is 5. The van der Waals surface area contributed by atoms with Crippen LogP contribution in [0.25, 0.3) is 0 Å². The molecule has 2 fully saturated rings. The lowest BCUT2D eigenvalue weighted by Crippen LogP contribution is -2.50. The lowest BCUT2D eigenvalue weighted by atomic mass is 9.84. The van der Waals surface area contributed by atoms with E-state index in [9.17, 15) is 9.90 Å². The molecule has 170 valence electrons. The van der Waals surface area contributed by atoms with Crippen molar-refractivity contribution in [3.63, 3.8) is 0 Å². The molecule has 9 heteroatoms. The van der Waals surface area contributed by atoms with Crippen molar-refractivity contribution in [1.82, 2.24) is 20.4 Å². The third kappa shape index (κ3) is 8.18. The number of nitrogens with one attached hydrogen (secondary N) is 2. The average Bonchev–Trinajstić information content (AvgIpc) is 3.14. The number of β-amino-alcohol motifs (C(OH)–C–C–N with tert-alkyl or cyclic N) is 1. The van der Waals surface area contributed by atoms with Gasteiger partial charge < -0.3 is 25.4 Å². The van der Waals surface area contributed by atoms with Crippen molar-refractivity contribution in [2.45, 2.75) is 45.1 Å². The van der Waals surface area contributed by atoms with Crippen LogP contribution in [-0.2, 0) is 9.53 Å². The van der Waals surface area contributed by atoms with E-state index in [0.29, 0.717) is 38.8 Å². The number of morpholine rings is 1. The standard InChI is InChI=1S/C20H39N5O3.HI/c1-5-21-18(22-14-19(2,27)16-25-10-12-28-13-11-25)23-15-20(8-6-7-9-20)17(26)24(3)4;/h27H,5-16H2,1-4H3,(H2,21,22,23);1H. The van der Waals surface area contributed by atoms with Gasteiger partial charge in [-0.15, -0.1) is 24.0 Å². The fourth-order valence-corrected chi connectivity index (χ4v) is 4.13. The minimum atomic E-state index is -0.913. The van der Waals surface area contributed by atoms with E-state index in [2.05, 4.69) is 20.5 Å². The van der Waals surface area contributed by atoms with Crippen LogP contribution < -0.4 is 10.6 Å². The van der Waals surface area contributed by atoms with Crippen LogP contribution in [0, 0.1) is 5.41 Å². The molecule has 0 aromatic heterocycles. The molecule has 1 amide bonds. The summed E-state index contributed by atoms with van der Waals surface area (Å²) in [6.45, 7) is 9.12. The number of aliphatic hydroxyl groups is 1. The first kappa shape index (κ1) is 26.4. The van der Waals surface area contributed by atoms with E-state index in [1.54, 1.807) is 4.90 Å². The number of ether oxygens (including phenoxy) is 1. The number of carbonyl (C=O) groups excluding carboxylic acids is 1. The summed E-state index contributed by atoms with van der Waals surface area (Å²) in [5, 5.41) is 17.4. The fraction of sp³-hybridized carbons (Fsp3) is 0.900. The van der Waals surface area contributed by atoms with E-state index in [1.807, 2.05) is 27.9 Å². The van der Waals surface area contributed by atoms with Crippen molar-refractivity contribution >= 4 is 35.8 Å². The second-order valence-electron chi connectivity index (χ2n) is 8.62. The van der Waals surface area contributed by atoms with Crippen LogP contribution in [0.4, 0.5) is 0 Å². The molecule has 0 aromatic carbocycles. The lowest BCUT2D eigenvalue weighted by molar-refractivity contribution is -0.138. The van der Waals surface area contributed by atoms with Gasteiger partial charge >= 0.3 is 0 Å². The van der Waals surface area contributed by atoms with Crippen molar-refractivity contribution in [2.75, 3.05) is 66.6 Å². The number of hydrogen-bond donors (Lipinski definition) is 3. The number of rotatable bonds is 8. The first-order valence-electron chi connectivity index (χ1n) is 10.5. The second-order valence-corrected chi connectivity index (χ2v) is 8.62. The average molecular weight is 525 g/mol. The minimum absolute atomic E-state index is 0. The molecular weight excluding hydrogens is 485 g/mol. The fourth-order valence-electron chi connectivity index (χ4n) is 4.13. The van der Waals surface area contributed by atoms with E-state index in [0.717, 1.165) is 45.3 Å². The van der Waals surface area contributed by atoms with E-state index >= 15 is 0 Å². The Morgan fingerprint density at radius 1 is 1.24 bits per heavy atom.